The second-order valence-corrected chi connectivity index (χ2v) is 6.18. The third-order valence-electron chi connectivity index (χ3n) is 4.14. The predicted molar refractivity (Wildman–Crippen MR) is 80.4 cm³/mol. The van der Waals surface area contributed by atoms with E-state index in [-0.39, 0.29) is 5.91 Å². The Hall–Kier alpha value is -1.81. The Morgan fingerprint density at radius 3 is 3.10 bits per heavy atom. The van der Waals surface area contributed by atoms with Gasteiger partial charge in [0.1, 0.15) is 0 Å². The van der Waals surface area contributed by atoms with Crippen LogP contribution in [0.2, 0.25) is 5.02 Å². The summed E-state index contributed by atoms with van der Waals surface area (Å²) in [6.45, 7) is 1.12. The number of rotatable bonds is 2. The molecule has 0 bridgehead atoms. The van der Waals surface area contributed by atoms with E-state index in [0.717, 1.165) is 30.4 Å². The molecule has 1 saturated carbocycles. The first-order valence-electron chi connectivity index (χ1n) is 7.73. The molecule has 5 heteroatoms. The molecule has 1 amide bonds. The molecule has 1 aliphatic heterocycles. The Kier molecular flexibility index (Phi) is 2.74. The van der Waals surface area contributed by atoms with E-state index in [1.165, 1.54) is 0 Å². The average Bonchev–Trinajstić information content (AvgIpc) is 3.23. The molecule has 4 nitrogen and oxygen atoms in total. The number of fused-ring (bicyclic) bond motifs is 1. The number of hydrogen-bond acceptors (Lipinski definition) is 2. The molecular weight excluding hydrogens is 286 g/mol. The smallest absolute Gasteiger partial charge is 0.257 e. The molecule has 1 fully saturated rings. The van der Waals surface area contributed by atoms with Gasteiger partial charge in [0.15, 0.2) is 0 Å². The lowest BCUT2D eigenvalue weighted by atomic mass is 9.99. The molecule has 0 saturated heterocycles. The van der Waals surface area contributed by atoms with E-state index < -0.39 is 0 Å². The largest absolute Gasteiger partial charge is 0.334 e. The zero-order valence-corrected chi connectivity index (χ0v) is 12.3. The SMILES string of the molecule is [2H]c1cc(Cl)cc2c1CN(C(=O)c1cnn(C3CC3)c1)CC2. The van der Waals surface area contributed by atoms with E-state index in [0.29, 0.717) is 35.8 Å². The molecule has 0 spiro atoms. The van der Waals surface area contributed by atoms with Crippen LogP contribution >= 0.6 is 11.6 Å². The maximum atomic E-state index is 12.6. The average molecular weight is 303 g/mol. The first-order valence-corrected chi connectivity index (χ1v) is 7.61. The van der Waals surface area contributed by atoms with E-state index in [1.807, 2.05) is 16.9 Å². The molecule has 0 radical (unpaired) electrons. The highest BCUT2D eigenvalue weighted by atomic mass is 35.5. The normalized spacial score (nSPS) is 18.3. The first-order chi connectivity index (χ1) is 10.6. The predicted octanol–water partition coefficient (Wildman–Crippen LogP) is 3.07. The number of amides is 1. The lowest BCUT2D eigenvalue weighted by Crippen LogP contribution is -2.35. The van der Waals surface area contributed by atoms with Gasteiger partial charge < -0.3 is 4.90 Å². The maximum absolute atomic E-state index is 12.6. The van der Waals surface area contributed by atoms with Gasteiger partial charge in [0.2, 0.25) is 0 Å². The second-order valence-electron chi connectivity index (χ2n) is 5.74. The summed E-state index contributed by atoms with van der Waals surface area (Å²) >= 11 is 6.00. The first kappa shape index (κ1) is 11.8. The summed E-state index contributed by atoms with van der Waals surface area (Å²) in [5.41, 5.74) is 2.62. The minimum absolute atomic E-state index is 0.00750. The van der Waals surface area contributed by atoms with Crippen molar-refractivity contribution in [2.75, 3.05) is 6.54 Å². The van der Waals surface area contributed by atoms with Crippen LogP contribution in [0.25, 0.3) is 0 Å². The molecular formula is C16H16ClN3O. The van der Waals surface area contributed by atoms with Crippen molar-refractivity contribution in [1.82, 2.24) is 14.7 Å². The van der Waals surface area contributed by atoms with Crippen LogP contribution in [0.5, 0.6) is 0 Å². The van der Waals surface area contributed by atoms with Crippen LogP contribution in [0, 0.1) is 0 Å². The Morgan fingerprint density at radius 2 is 2.29 bits per heavy atom. The third kappa shape index (κ3) is 2.44. The summed E-state index contributed by atoms with van der Waals surface area (Å²) in [5, 5.41) is 4.87. The van der Waals surface area contributed by atoms with Crippen LogP contribution in [0.3, 0.4) is 0 Å². The summed E-state index contributed by atoms with van der Waals surface area (Å²) in [5.74, 6) is -0.00750. The zero-order chi connectivity index (χ0) is 15.3. The lowest BCUT2D eigenvalue weighted by Gasteiger charge is -2.28. The Morgan fingerprint density at radius 1 is 1.43 bits per heavy atom. The number of nitrogens with zero attached hydrogens (tertiary/aromatic N) is 3. The maximum Gasteiger partial charge on any atom is 0.257 e. The van der Waals surface area contributed by atoms with Crippen molar-refractivity contribution in [3.8, 4) is 0 Å². The fourth-order valence-electron chi connectivity index (χ4n) is 2.78. The quantitative estimate of drug-likeness (QED) is 0.855. The molecule has 1 aromatic carbocycles. The van der Waals surface area contributed by atoms with E-state index in [1.54, 1.807) is 17.2 Å². The van der Waals surface area contributed by atoms with Crippen LogP contribution < -0.4 is 0 Å². The summed E-state index contributed by atoms with van der Waals surface area (Å²) < 4.78 is 9.94. The molecule has 1 aromatic heterocycles. The molecule has 0 atom stereocenters. The van der Waals surface area contributed by atoms with Gasteiger partial charge in [-0.3, -0.25) is 9.48 Å². The molecule has 4 rings (SSSR count). The van der Waals surface area contributed by atoms with Gasteiger partial charge in [-0.15, -0.1) is 0 Å². The number of carbonyl (C=O) groups is 1. The molecule has 0 N–H and O–H groups in total. The molecule has 21 heavy (non-hydrogen) atoms. The summed E-state index contributed by atoms with van der Waals surface area (Å²) in [6, 6.07) is 4.43. The number of hydrogen-bond donors (Lipinski definition) is 0. The Bertz CT molecular complexity index is 754. The minimum atomic E-state index is -0.00750. The Balaban J connectivity index is 1.57. The number of halogens is 1. The molecule has 108 valence electrons. The molecule has 2 heterocycles. The molecule has 0 unspecified atom stereocenters. The van der Waals surface area contributed by atoms with E-state index in [2.05, 4.69) is 5.10 Å². The summed E-state index contributed by atoms with van der Waals surface area (Å²) in [7, 11) is 0. The molecule has 2 aliphatic rings. The van der Waals surface area contributed by atoms with Crippen molar-refractivity contribution in [2.45, 2.75) is 31.8 Å². The zero-order valence-electron chi connectivity index (χ0n) is 12.6. The summed E-state index contributed by atoms with van der Waals surface area (Å²) in [4.78, 5) is 14.4. The topological polar surface area (TPSA) is 38.1 Å². The minimum Gasteiger partial charge on any atom is -0.334 e. The third-order valence-corrected chi connectivity index (χ3v) is 4.36. The van der Waals surface area contributed by atoms with Crippen molar-refractivity contribution in [3.63, 3.8) is 0 Å². The van der Waals surface area contributed by atoms with Crippen molar-refractivity contribution in [2.24, 2.45) is 0 Å². The van der Waals surface area contributed by atoms with Crippen LogP contribution in [-0.4, -0.2) is 27.1 Å². The van der Waals surface area contributed by atoms with Gasteiger partial charge in [-0.25, -0.2) is 0 Å². The van der Waals surface area contributed by atoms with Gasteiger partial charge in [0.25, 0.3) is 5.91 Å². The van der Waals surface area contributed by atoms with Crippen LogP contribution in [0.4, 0.5) is 0 Å². The fourth-order valence-corrected chi connectivity index (χ4v) is 2.97. The van der Waals surface area contributed by atoms with E-state index >= 15 is 0 Å². The fraction of sp³-hybridized carbons (Fsp3) is 0.375. The van der Waals surface area contributed by atoms with Gasteiger partial charge in [-0.2, -0.15) is 5.10 Å². The van der Waals surface area contributed by atoms with Gasteiger partial charge >= 0.3 is 0 Å². The van der Waals surface area contributed by atoms with E-state index in [9.17, 15) is 4.79 Å². The molecule has 1 aliphatic carbocycles. The van der Waals surface area contributed by atoms with Crippen molar-refractivity contribution in [3.05, 3.63) is 52.3 Å². The Labute approximate surface area is 129 Å². The van der Waals surface area contributed by atoms with Gasteiger partial charge in [0.05, 0.1) is 19.2 Å². The highest BCUT2D eigenvalue weighted by molar-refractivity contribution is 6.30. The van der Waals surface area contributed by atoms with E-state index in [4.69, 9.17) is 13.0 Å². The summed E-state index contributed by atoms with van der Waals surface area (Å²) in [6.07, 6.45) is 6.54. The van der Waals surface area contributed by atoms with Gasteiger partial charge in [-0.1, -0.05) is 17.6 Å². The lowest BCUT2D eigenvalue weighted by molar-refractivity contribution is 0.0734. The monoisotopic (exact) mass is 302 g/mol. The number of benzene rings is 1. The van der Waals surface area contributed by atoms with Crippen LogP contribution in [-0.2, 0) is 13.0 Å². The highest BCUT2D eigenvalue weighted by Crippen LogP contribution is 2.34. The van der Waals surface area contributed by atoms with Crippen molar-refractivity contribution < 1.29 is 6.17 Å². The van der Waals surface area contributed by atoms with Crippen LogP contribution in [0.15, 0.2) is 30.6 Å². The number of aromatic nitrogens is 2. The second kappa shape index (κ2) is 4.88. The van der Waals surface area contributed by atoms with Gasteiger partial charge in [-0.05, 0) is 42.5 Å². The van der Waals surface area contributed by atoms with Crippen molar-refractivity contribution in [1.29, 1.82) is 0 Å². The molecule has 2 aromatic rings. The van der Waals surface area contributed by atoms with Crippen molar-refractivity contribution >= 4 is 17.5 Å². The highest BCUT2D eigenvalue weighted by Gasteiger charge is 2.27. The van der Waals surface area contributed by atoms with Gasteiger partial charge in [0, 0.05) is 24.3 Å². The number of carbonyl (C=O) groups excluding carboxylic acids is 1. The standard InChI is InChI=1S/C16H16ClN3O/c17-14-2-1-12-9-19(6-5-11(12)7-14)16(21)13-8-18-20(10-13)15-3-4-15/h1-2,7-8,10,15H,3-6,9H2/i1D. The van der Waals surface area contributed by atoms with Crippen LogP contribution in [0.1, 0.15) is 41.7 Å².